The van der Waals surface area contributed by atoms with E-state index in [-0.39, 0.29) is 11.8 Å². The first-order valence-electron chi connectivity index (χ1n) is 11.2. The number of aryl methyl sites for hydroxylation is 2. The molecule has 0 N–H and O–H groups in total. The summed E-state index contributed by atoms with van der Waals surface area (Å²) in [7, 11) is 1.63. The van der Waals surface area contributed by atoms with Gasteiger partial charge in [0.15, 0.2) is 0 Å². The van der Waals surface area contributed by atoms with E-state index in [1.807, 2.05) is 43.3 Å². The highest BCUT2D eigenvalue weighted by molar-refractivity contribution is 6.35. The van der Waals surface area contributed by atoms with Crippen molar-refractivity contribution >= 4 is 23.1 Å². The first kappa shape index (κ1) is 22.1. The van der Waals surface area contributed by atoms with Crippen LogP contribution in [0.5, 0.6) is 0 Å². The molecule has 0 atom stereocenters. The Hall–Kier alpha value is -3.12. The van der Waals surface area contributed by atoms with Crippen LogP contribution in [0.1, 0.15) is 23.1 Å². The van der Waals surface area contributed by atoms with Crippen LogP contribution in [0.15, 0.2) is 54.2 Å². The normalized spacial score (nSPS) is 17.0. The summed E-state index contributed by atoms with van der Waals surface area (Å²) in [6.45, 7) is 7.98. The van der Waals surface area contributed by atoms with Crippen LogP contribution in [0, 0.1) is 13.8 Å². The van der Waals surface area contributed by atoms with Gasteiger partial charge in [0.2, 0.25) is 0 Å². The van der Waals surface area contributed by atoms with Gasteiger partial charge in [0.05, 0.1) is 5.57 Å². The third-order valence-corrected chi connectivity index (χ3v) is 6.39. The van der Waals surface area contributed by atoms with E-state index in [2.05, 4.69) is 28.9 Å². The van der Waals surface area contributed by atoms with Crippen LogP contribution in [0.25, 0.3) is 5.57 Å². The Morgan fingerprint density at radius 3 is 2.19 bits per heavy atom. The fraction of sp³-hybridized carbons (Fsp3) is 0.385. The molecule has 6 nitrogen and oxygen atoms in total. The second-order valence-corrected chi connectivity index (χ2v) is 8.44. The van der Waals surface area contributed by atoms with Crippen LogP contribution in [0.2, 0.25) is 0 Å². The van der Waals surface area contributed by atoms with Crippen molar-refractivity contribution in [2.75, 3.05) is 51.3 Å². The third-order valence-electron chi connectivity index (χ3n) is 6.39. The average Bonchev–Trinajstić information content (AvgIpc) is 3.06. The van der Waals surface area contributed by atoms with Crippen molar-refractivity contribution in [1.82, 2.24) is 9.80 Å². The number of hydrogen-bond donors (Lipinski definition) is 0. The molecular weight excluding hydrogens is 402 g/mol. The highest BCUT2D eigenvalue weighted by Gasteiger charge is 2.41. The third kappa shape index (κ3) is 4.28. The molecule has 0 aromatic heterocycles. The van der Waals surface area contributed by atoms with Gasteiger partial charge in [-0.15, -0.1) is 0 Å². The fourth-order valence-electron chi connectivity index (χ4n) is 4.41. The highest BCUT2D eigenvalue weighted by Crippen LogP contribution is 2.33. The van der Waals surface area contributed by atoms with Crippen molar-refractivity contribution < 1.29 is 14.3 Å². The summed E-state index contributed by atoms with van der Waals surface area (Å²) in [5.74, 6) is -0.387. The van der Waals surface area contributed by atoms with E-state index in [0.717, 1.165) is 24.2 Å². The van der Waals surface area contributed by atoms with E-state index in [1.165, 1.54) is 16.2 Å². The largest absolute Gasteiger partial charge is 0.385 e. The lowest BCUT2D eigenvalue weighted by Crippen LogP contribution is -2.47. The number of carbonyl (C=O) groups is 2. The zero-order chi connectivity index (χ0) is 22.7. The second-order valence-electron chi connectivity index (χ2n) is 8.44. The summed E-state index contributed by atoms with van der Waals surface area (Å²) < 4.78 is 5.13. The number of rotatable bonds is 7. The van der Waals surface area contributed by atoms with Crippen LogP contribution in [0.4, 0.5) is 5.69 Å². The number of para-hydroxylation sites is 1. The van der Waals surface area contributed by atoms with Gasteiger partial charge in [0.25, 0.3) is 11.8 Å². The lowest BCUT2D eigenvalue weighted by Gasteiger charge is -2.37. The van der Waals surface area contributed by atoms with Gasteiger partial charge in [0, 0.05) is 52.1 Å². The number of benzene rings is 2. The lowest BCUT2D eigenvalue weighted by molar-refractivity contribution is -0.137. The number of amides is 2. The number of piperazine rings is 1. The molecule has 1 saturated heterocycles. The molecular formula is C26H31N3O3. The van der Waals surface area contributed by atoms with Gasteiger partial charge in [-0.2, -0.15) is 0 Å². The molecule has 0 unspecified atom stereocenters. The predicted molar refractivity (Wildman–Crippen MR) is 126 cm³/mol. The van der Waals surface area contributed by atoms with E-state index in [0.29, 0.717) is 43.9 Å². The summed E-state index contributed by atoms with van der Waals surface area (Å²) in [6.07, 6.45) is 0.628. The maximum atomic E-state index is 13.4. The first-order chi connectivity index (χ1) is 15.5. The molecule has 0 aliphatic carbocycles. The smallest absolute Gasteiger partial charge is 0.277 e. The Labute approximate surface area is 190 Å². The number of hydrogen-bond acceptors (Lipinski definition) is 5. The predicted octanol–water partition coefficient (Wildman–Crippen LogP) is 3.24. The van der Waals surface area contributed by atoms with Gasteiger partial charge >= 0.3 is 0 Å². The molecule has 32 heavy (non-hydrogen) atoms. The van der Waals surface area contributed by atoms with Crippen LogP contribution in [-0.2, 0) is 14.3 Å². The van der Waals surface area contributed by atoms with E-state index in [4.69, 9.17) is 4.74 Å². The zero-order valence-electron chi connectivity index (χ0n) is 19.1. The Morgan fingerprint density at radius 1 is 0.844 bits per heavy atom. The minimum absolute atomic E-state index is 0.188. The van der Waals surface area contributed by atoms with Crippen molar-refractivity contribution in [3.63, 3.8) is 0 Å². The first-order valence-corrected chi connectivity index (χ1v) is 11.2. The molecule has 0 spiro atoms. The zero-order valence-corrected chi connectivity index (χ0v) is 19.1. The molecule has 0 radical (unpaired) electrons. The molecule has 2 aromatic carbocycles. The summed E-state index contributed by atoms with van der Waals surface area (Å²) in [5.41, 5.74) is 5.36. The Morgan fingerprint density at radius 2 is 1.53 bits per heavy atom. The van der Waals surface area contributed by atoms with Crippen molar-refractivity contribution in [3.05, 3.63) is 70.9 Å². The fourth-order valence-corrected chi connectivity index (χ4v) is 4.41. The number of imide groups is 1. The molecule has 4 rings (SSSR count). The monoisotopic (exact) mass is 433 g/mol. The van der Waals surface area contributed by atoms with E-state index in [1.54, 1.807) is 7.11 Å². The Kier molecular flexibility index (Phi) is 6.61. The maximum Gasteiger partial charge on any atom is 0.277 e. The van der Waals surface area contributed by atoms with Crippen molar-refractivity contribution in [2.45, 2.75) is 20.3 Å². The summed E-state index contributed by atoms with van der Waals surface area (Å²) in [4.78, 5) is 32.7. The quantitative estimate of drug-likeness (QED) is 0.496. The Balaban J connectivity index is 1.63. The highest BCUT2D eigenvalue weighted by atomic mass is 16.5. The molecule has 0 saturated carbocycles. The van der Waals surface area contributed by atoms with Gasteiger partial charge < -0.3 is 14.5 Å². The SMILES string of the molecule is COCCCN1C(=O)C(c2ccc(C)c(C)c2)=C(N2CCN(c3ccccc3)CC2)C1=O. The average molecular weight is 434 g/mol. The molecule has 2 aromatic rings. The number of carbonyl (C=O) groups excluding carboxylic acids is 2. The standard InChI is InChI=1S/C26H31N3O3/c1-19-10-11-21(18-20(19)2)23-24(26(31)29(25(23)30)12-7-17-32-3)28-15-13-27(14-16-28)22-8-5-4-6-9-22/h4-6,8-11,18H,7,12-17H2,1-3H3. The maximum absolute atomic E-state index is 13.4. The van der Waals surface area contributed by atoms with Crippen molar-refractivity contribution in [1.29, 1.82) is 0 Å². The molecule has 2 amide bonds. The van der Waals surface area contributed by atoms with Gasteiger partial charge in [-0.1, -0.05) is 36.4 Å². The van der Waals surface area contributed by atoms with Gasteiger partial charge in [-0.3, -0.25) is 14.5 Å². The Bertz CT molecular complexity index is 1020. The molecule has 2 aliphatic rings. The van der Waals surface area contributed by atoms with E-state index in [9.17, 15) is 9.59 Å². The van der Waals surface area contributed by atoms with Crippen molar-refractivity contribution in [2.24, 2.45) is 0 Å². The lowest BCUT2D eigenvalue weighted by atomic mass is 9.99. The number of nitrogens with zero attached hydrogens (tertiary/aromatic N) is 3. The van der Waals surface area contributed by atoms with E-state index < -0.39 is 0 Å². The molecule has 1 fully saturated rings. The van der Waals surface area contributed by atoms with Gasteiger partial charge in [0.1, 0.15) is 5.70 Å². The van der Waals surface area contributed by atoms with Gasteiger partial charge in [-0.05, 0) is 49.1 Å². The van der Waals surface area contributed by atoms with Crippen molar-refractivity contribution in [3.8, 4) is 0 Å². The van der Waals surface area contributed by atoms with Crippen LogP contribution >= 0.6 is 0 Å². The van der Waals surface area contributed by atoms with Crippen LogP contribution in [0.3, 0.4) is 0 Å². The minimum Gasteiger partial charge on any atom is -0.385 e. The molecule has 0 bridgehead atoms. The summed E-state index contributed by atoms with van der Waals surface area (Å²) in [6, 6.07) is 16.3. The molecule has 2 aliphatic heterocycles. The topological polar surface area (TPSA) is 53.1 Å². The second kappa shape index (κ2) is 9.57. The minimum atomic E-state index is -0.199. The summed E-state index contributed by atoms with van der Waals surface area (Å²) in [5, 5.41) is 0. The van der Waals surface area contributed by atoms with Crippen LogP contribution < -0.4 is 4.90 Å². The molecule has 6 heteroatoms. The van der Waals surface area contributed by atoms with E-state index >= 15 is 0 Å². The molecule has 168 valence electrons. The summed E-state index contributed by atoms with van der Waals surface area (Å²) >= 11 is 0. The van der Waals surface area contributed by atoms with Gasteiger partial charge in [-0.25, -0.2) is 0 Å². The number of ether oxygens (including phenoxy) is 1. The van der Waals surface area contributed by atoms with Crippen LogP contribution in [-0.4, -0.2) is 68.1 Å². The number of anilines is 1. The number of methoxy groups -OCH3 is 1. The molecule has 2 heterocycles.